The average Bonchev–Trinajstić information content (AvgIpc) is 2.14. The first kappa shape index (κ1) is 7.05. The molecule has 1 rings (SSSR count). The summed E-state index contributed by atoms with van der Waals surface area (Å²) in [5, 5.41) is 7.63. The lowest BCUT2D eigenvalue weighted by atomic mass is 10.2. The van der Waals surface area contributed by atoms with Crippen molar-refractivity contribution in [2.75, 3.05) is 5.73 Å². The molecule has 4 nitrogen and oxygen atoms in total. The van der Waals surface area contributed by atoms with Crippen molar-refractivity contribution in [1.82, 2.24) is 14.8 Å². The van der Waals surface area contributed by atoms with E-state index < -0.39 is 0 Å². The summed E-state index contributed by atoms with van der Waals surface area (Å²) < 4.78 is 1.80. The Kier molecular flexibility index (Phi) is 1.61. The van der Waals surface area contributed by atoms with E-state index in [1.165, 1.54) is 0 Å². The van der Waals surface area contributed by atoms with Crippen molar-refractivity contribution in [3.8, 4) is 0 Å². The number of hydrogen-bond donors (Lipinski definition) is 1. The van der Waals surface area contributed by atoms with Crippen LogP contribution >= 0.6 is 0 Å². The second kappa shape index (κ2) is 2.28. The molecule has 0 atom stereocenters. The summed E-state index contributed by atoms with van der Waals surface area (Å²) in [4.78, 5) is 0. The molecule has 0 aliphatic carbocycles. The van der Waals surface area contributed by atoms with Gasteiger partial charge in [0.05, 0.1) is 0 Å². The van der Waals surface area contributed by atoms with Crippen molar-refractivity contribution in [2.24, 2.45) is 7.05 Å². The Bertz CT molecular complexity index is 226. The first-order valence-electron chi connectivity index (χ1n) is 3.27. The van der Waals surface area contributed by atoms with E-state index in [1.807, 2.05) is 7.05 Å². The quantitative estimate of drug-likeness (QED) is 0.618. The molecule has 0 spiro atoms. The minimum absolute atomic E-state index is 0.384. The maximum absolute atomic E-state index is 5.47. The van der Waals surface area contributed by atoms with Crippen molar-refractivity contribution in [3.63, 3.8) is 0 Å². The summed E-state index contributed by atoms with van der Waals surface area (Å²) in [5.41, 5.74) is 5.47. The number of rotatable bonds is 1. The lowest BCUT2D eigenvalue weighted by Gasteiger charge is -2.02. The molecule has 0 amide bonds. The Morgan fingerprint density at radius 3 is 2.20 bits per heavy atom. The molecule has 56 valence electrons. The summed E-state index contributed by atoms with van der Waals surface area (Å²) in [5.74, 6) is 1.79. The number of hydrogen-bond acceptors (Lipinski definition) is 3. The predicted octanol–water partition coefficient (Wildman–Crippen LogP) is 0.521. The van der Waals surface area contributed by atoms with Crippen LogP contribution in [0.25, 0.3) is 0 Å². The van der Waals surface area contributed by atoms with Gasteiger partial charge in [0.25, 0.3) is 0 Å². The van der Waals surface area contributed by atoms with Crippen LogP contribution in [0.1, 0.15) is 25.6 Å². The number of nitrogens with two attached hydrogens (primary N) is 1. The second-order valence-electron chi connectivity index (χ2n) is 2.63. The van der Waals surface area contributed by atoms with Crippen LogP contribution < -0.4 is 5.73 Å². The van der Waals surface area contributed by atoms with Crippen LogP contribution in [-0.2, 0) is 7.05 Å². The smallest absolute Gasteiger partial charge is 0.221 e. The van der Waals surface area contributed by atoms with Crippen LogP contribution in [0.3, 0.4) is 0 Å². The minimum Gasteiger partial charge on any atom is -0.368 e. The summed E-state index contributed by atoms with van der Waals surface area (Å²) in [7, 11) is 1.87. The van der Waals surface area contributed by atoms with Crippen LogP contribution in [0.15, 0.2) is 0 Å². The van der Waals surface area contributed by atoms with E-state index in [4.69, 9.17) is 5.73 Å². The van der Waals surface area contributed by atoms with Crippen molar-refractivity contribution in [2.45, 2.75) is 19.8 Å². The van der Waals surface area contributed by atoms with Crippen molar-refractivity contribution < 1.29 is 0 Å². The van der Waals surface area contributed by atoms with E-state index in [0.29, 0.717) is 11.9 Å². The van der Waals surface area contributed by atoms with Gasteiger partial charge in [-0.25, -0.2) is 0 Å². The van der Waals surface area contributed by atoms with Crippen LogP contribution in [0.5, 0.6) is 0 Å². The molecular weight excluding hydrogens is 128 g/mol. The Hall–Kier alpha value is -1.06. The van der Waals surface area contributed by atoms with Crippen LogP contribution in [0.4, 0.5) is 5.95 Å². The normalized spacial score (nSPS) is 10.8. The molecule has 0 aromatic carbocycles. The van der Waals surface area contributed by atoms with E-state index >= 15 is 0 Å². The molecule has 0 aliphatic rings. The van der Waals surface area contributed by atoms with Crippen molar-refractivity contribution in [3.05, 3.63) is 5.82 Å². The predicted molar refractivity (Wildman–Crippen MR) is 39.5 cm³/mol. The fourth-order valence-electron chi connectivity index (χ4n) is 0.857. The molecule has 0 fully saturated rings. The zero-order valence-electron chi connectivity index (χ0n) is 6.50. The Morgan fingerprint density at radius 2 is 2.00 bits per heavy atom. The topological polar surface area (TPSA) is 56.7 Å². The van der Waals surface area contributed by atoms with Gasteiger partial charge in [0, 0.05) is 13.0 Å². The Balaban J connectivity index is 3.05. The van der Waals surface area contributed by atoms with Gasteiger partial charge in [-0.2, -0.15) is 0 Å². The van der Waals surface area contributed by atoms with E-state index in [2.05, 4.69) is 24.0 Å². The highest BCUT2D eigenvalue weighted by Gasteiger charge is 2.07. The van der Waals surface area contributed by atoms with Gasteiger partial charge in [-0.3, -0.25) is 0 Å². The molecule has 0 unspecified atom stereocenters. The summed E-state index contributed by atoms with van der Waals surface area (Å²) in [6.45, 7) is 4.12. The fraction of sp³-hybridized carbons (Fsp3) is 0.667. The third-order valence-corrected chi connectivity index (χ3v) is 1.46. The van der Waals surface area contributed by atoms with E-state index in [1.54, 1.807) is 4.57 Å². The average molecular weight is 140 g/mol. The van der Waals surface area contributed by atoms with Crippen molar-refractivity contribution in [1.29, 1.82) is 0 Å². The second-order valence-corrected chi connectivity index (χ2v) is 2.63. The molecule has 0 saturated carbocycles. The van der Waals surface area contributed by atoms with E-state index in [9.17, 15) is 0 Å². The largest absolute Gasteiger partial charge is 0.368 e. The van der Waals surface area contributed by atoms with Gasteiger partial charge in [0.1, 0.15) is 5.82 Å². The molecule has 0 bridgehead atoms. The molecule has 10 heavy (non-hydrogen) atoms. The monoisotopic (exact) mass is 140 g/mol. The standard InChI is InChI=1S/C6H12N4/c1-4(2)5-8-9-6(7)10(5)3/h4H,1-3H3,(H2,7,9). The zero-order valence-corrected chi connectivity index (χ0v) is 6.50. The first-order chi connectivity index (χ1) is 4.63. The third kappa shape index (κ3) is 0.964. The van der Waals surface area contributed by atoms with Gasteiger partial charge in [-0.05, 0) is 0 Å². The number of nitrogens with zero attached hydrogens (tertiary/aromatic N) is 3. The highest BCUT2D eigenvalue weighted by molar-refractivity contribution is 5.17. The molecule has 0 aliphatic heterocycles. The fourth-order valence-corrected chi connectivity index (χ4v) is 0.857. The SMILES string of the molecule is CC(C)c1nnc(N)n1C. The lowest BCUT2D eigenvalue weighted by molar-refractivity contribution is 0.711. The maximum atomic E-state index is 5.47. The number of nitrogen functional groups attached to an aromatic ring is 1. The van der Waals surface area contributed by atoms with E-state index in [0.717, 1.165) is 5.82 Å². The van der Waals surface area contributed by atoms with Crippen LogP contribution in [-0.4, -0.2) is 14.8 Å². The third-order valence-electron chi connectivity index (χ3n) is 1.46. The van der Waals surface area contributed by atoms with Gasteiger partial charge < -0.3 is 10.3 Å². The summed E-state index contributed by atoms with van der Waals surface area (Å²) in [6.07, 6.45) is 0. The Morgan fingerprint density at radius 1 is 1.40 bits per heavy atom. The van der Waals surface area contributed by atoms with Crippen LogP contribution in [0, 0.1) is 0 Å². The molecule has 4 heteroatoms. The summed E-state index contributed by atoms with van der Waals surface area (Å²) >= 11 is 0. The summed E-state index contributed by atoms with van der Waals surface area (Å²) in [6, 6.07) is 0. The molecule has 0 radical (unpaired) electrons. The molecule has 1 heterocycles. The maximum Gasteiger partial charge on any atom is 0.221 e. The molecule has 1 aromatic heterocycles. The molecule has 0 saturated heterocycles. The highest BCUT2D eigenvalue weighted by Crippen LogP contribution is 2.11. The van der Waals surface area contributed by atoms with Crippen molar-refractivity contribution >= 4 is 5.95 Å². The minimum atomic E-state index is 0.384. The first-order valence-corrected chi connectivity index (χ1v) is 3.27. The highest BCUT2D eigenvalue weighted by atomic mass is 15.3. The number of aromatic nitrogens is 3. The number of anilines is 1. The molecule has 1 aromatic rings. The van der Waals surface area contributed by atoms with E-state index in [-0.39, 0.29) is 0 Å². The van der Waals surface area contributed by atoms with Gasteiger partial charge in [-0.15, -0.1) is 10.2 Å². The van der Waals surface area contributed by atoms with Gasteiger partial charge in [-0.1, -0.05) is 13.8 Å². The zero-order chi connectivity index (χ0) is 7.72. The van der Waals surface area contributed by atoms with Gasteiger partial charge in [0.2, 0.25) is 5.95 Å². The van der Waals surface area contributed by atoms with Gasteiger partial charge in [0.15, 0.2) is 0 Å². The lowest BCUT2D eigenvalue weighted by Crippen LogP contribution is -2.02. The molecular formula is C6H12N4. The van der Waals surface area contributed by atoms with Crippen LogP contribution in [0.2, 0.25) is 0 Å². The molecule has 2 N–H and O–H groups in total. The van der Waals surface area contributed by atoms with Gasteiger partial charge >= 0.3 is 0 Å². The Labute approximate surface area is 60.1 Å².